The van der Waals surface area contributed by atoms with Crippen molar-refractivity contribution in [2.24, 2.45) is 0 Å². The molecule has 1 aromatic carbocycles. The van der Waals surface area contributed by atoms with E-state index in [0.29, 0.717) is 11.3 Å². The summed E-state index contributed by atoms with van der Waals surface area (Å²) in [6, 6.07) is 4.67. The summed E-state index contributed by atoms with van der Waals surface area (Å²) in [6.45, 7) is 1.68. The Morgan fingerprint density at radius 2 is 1.63 bits per heavy atom. The maximum absolute atomic E-state index is 13.6. The van der Waals surface area contributed by atoms with E-state index in [4.69, 9.17) is 0 Å². The van der Waals surface area contributed by atoms with Crippen molar-refractivity contribution in [2.45, 2.75) is 32.6 Å². The van der Waals surface area contributed by atoms with Gasteiger partial charge in [0, 0.05) is 11.1 Å². The zero-order valence-corrected chi connectivity index (χ0v) is 10.8. The minimum absolute atomic E-state index is 0.0375. The van der Waals surface area contributed by atoms with E-state index < -0.39 is 0 Å². The Hall–Kier alpha value is -1.97. The molecule has 0 unspecified atom stereocenters. The quantitative estimate of drug-likeness (QED) is 0.828. The molecular formula is C15H16FNO2. The Labute approximate surface area is 110 Å². The predicted octanol–water partition coefficient (Wildman–Crippen LogP) is 3.21. The molecule has 3 nitrogen and oxygen atoms in total. The van der Waals surface area contributed by atoms with Gasteiger partial charge in [0.2, 0.25) is 11.8 Å². The fourth-order valence-electron chi connectivity index (χ4n) is 2.73. The lowest BCUT2D eigenvalue weighted by Gasteiger charge is -2.09. The molecule has 19 heavy (non-hydrogen) atoms. The number of halogens is 1. The third kappa shape index (κ3) is 1.79. The van der Waals surface area contributed by atoms with Gasteiger partial charge in [0.15, 0.2) is 0 Å². The lowest BCUT2D eigenvalue weighted by molar-refractivity contribution is 0.399. The smallest absolute Gasteiger partial charge is 0.202 e. The SMILES string of the molecule is Cc1ccc(-n2c(O)c3c(c2O)CCCC3)cc1F. The number of aromatic nitrogens is 1. The van der Waals surface area contributed by atoms with Gasteiger partial charge in [-0.1, -0.05) is 6.07 Å². The van der Waals surface area contributed by atoms with Gasteiger partial charge in [0.1, 0.15) is 5.82 Å². The minimum Gasteiger partial charge on any atom is -0.494 e. The Kier molecular flexibility index (Phi) is 2.73. The fraction of sp³-hybridized carbons (Fsp3) is 0.333. The van der Waals surface area contributed by atoms with Crippen LogP contribution in [0.5, 0.6) is 11.8 Å². The van der Waals surface area contributed by atoms with Crippen molar-refractivity contribution < 1.29 is 14.6 Å². The van der Waals surface area contributed by atoms with Gasteiger partial charge in [0.05, 0.1) is 5.69 Å². The van der Waals surface area contributed by atoms with Crippen molar-refractivity contribution in [3.63, 3.8) is 0 Å². The first-order valence-electron chi connectivity index (χ1n) is 6.50. The van der Waals surface area contributed by atoms with Gasteiger partial charge in [-0.3, -0.25) is 4.57 Å². The second-order valence-electron chi connectivity index (χ2n) is 5.08. The van der Waals surface area contributed by atoms with Crippen LogP contribution in [0, 0.1) is 12.7 Å². The van der Waals surface area contributed by atoms with E-state index >= 15 is 0 Å². The van der Waals surface area contributed by atoms with E-state index in [9.17, 15) is 14.6 Å². The topological polar surface area (TPSA) is 45.4 Å². The van der Waals surface area contributed by atoms with E-state index in [0.717, 1.165) is 36.8 Å². The molecule has 0 fully saturated rings. The average molecular weight is 261 g/mol. The van der Waals surface area contributed by atoms with Crippen molar-refractivity contribution in [2.75, 3.05) is 0 Å². The summed E-state index contributed by atoms with van der Waals surface area (Å²) >= 11 is 0. The number of benzene rings is 1. The number of aryl methyl sites for hydroxylation is 1. The zero-order chi connectivity index (χ0) is 13.6. The van der Waals surface area contributed by atoms with Crippen LogP contribution in [0.3, 0.4) is 0 Å². The second-order valence-corrected chi connectivity index (χ2v) is 5.08. The van der Waals surface area contributed by atoms with Crippen LogP contribution in [0.1, 0.15) is 29.5 Å². The minimum atomic E-state index is -0.344. The molecule has 2 aromatic rings. The van der Waals surface area contributed by atoms with E-state index in [1.165, 1.54) is 10.6 Å². The highest BCUT2D eigenvalue weighted by Gasteiger charge is 2.25. The molecule has 0 saturated heterocycles. The Morgan fingerprint density at radius 1 is 1.05 bits per heavy atom. The molecule has 1 aliphatic carbocycles. The van der Waals surface area contributed by atoms with Gasteiger partial charge in [-0.05, 0) is 50.3 Å². The van der Waals surface area contributed by atoms with Crippen molar-refractivity contribution in [3.8, 4) is 17.4 Å². The van der Waals surface area contributed by atoms with Gasteiger partial charge in [-0.25, -0.2) is 4.39 Å². The molecular weight excluding hydrogens is 245 g/mol. The third-order valence-corrected chi connectivity index (χ3v) is 3.84. The molecule has 1 heterocycles. The molecule has 0 saturated carbocycles. The van der Waals surface area contributed by atoms with Crippen LogP contribution in [-0.2, 0) is 12.8 Å². The Morgan fingerprint density at radius 3 is 2.16 bits per heavy atom. The molecule has 0 aliphatic heterocycles. The molecule has 0 radical (unpaired) electrons. The van der Waals surface area contributed by atoms with Gasteiger partial charge in [0.25, 0.3) is 0 Å². The first kappa shape index (κ1) is 12.1. The molecule has 1 aromatic heterocycles. The van der Waals surface area contributed by atoms with E-state index in [1.54, 1.807) is 19.1 Å². The highest BCUT2D eigenvalue weighted by atomic mass is 19.1. The molecule has 2 N–H and O–H groups in total. The normalized spacial score (nSPS) is 14.4. The molecule has 100 valence electrons. The van der Waals surface area contributed by atoms with Crippen LogP contribution >= 0.6 is 0 Å². The second kappa shape index (κ2) is 4.30. The average Bonchev–Trinajstić information content (AvgIpc) is 2.66. The monoisotopic (exact) mass is 261 g/mol. The van der Waals surface area contributed by atoms with Crippen LogP contribution in [-0.4, -0.2) is 14.8 Å². The molecule has 0 amide bonds. The summed E-state index contributed by atoms with van der Waals surface area (Å²) in [6.07, 6.45) is 3.53. The van der Waals surface area contributed by atoms with Crippen LogP contribution in [0.2, 0.25) is 0 Å². The van der Waals surface area contributed by atoms with E-state index in [1.807, 2.05) is 0 Å². The van der Waals surface area contributed by atoms with Crippen molar-refractivity contribution in [1.29, 1.82) is 0 Å². The van der Waals surface area contributed by atoms with Crippen molar-refractivity contribution in [1.82, 2.24) is 4.57 Å². The molecule has 4 heteroatoms. The first-order valence-corrected chi connectivity index (χ1v) is 6.50. The van der Waals surface area contributed by atoms with Gasteiger partial charge in [-0.2, -0.15) is 0 Å². The van der Waals surface area contributed by atoms with Gasteiger partial charge in [-0.15, -0.1) is 0 Å². The first-order chi connectivity index (χ1) is 9.09. The molecule has 3 rings (SSSR count). The number of rotatable bonds is 1. The zero-order valence-electron chi connectivity index (χ0n) is 10.8. The summed E-state index contributed by atoms with van der Waals surface area (Å²) in [4.78, 5) is 0. The van der Waals surface area contributed by atoms with E-state index in [-0.39, 0.29) is 17.6 Å². The highest BCUT2D eigenvalue weighted by molar-refractivity contribution is 5.53. The molecule has 1 aliphatic rings. The maximum atomic E-state index is 13.6. The van der Waals surface area contributed by atoms with Crippen molar-refractivity contribution >= 4 is 0 Å². The summed E-state index contributed by atoms with van der Waals surface area (Å²) in [5, 5.41) is 20.5. The largest absolute Gasteiger partial charge is 0.494 e. The number of hydrogen-bond acceptors (Lipinski definition) is 2. The number of fused-ring (bicyclic) bond motifs is 1. The predicted molar refractivity (Wildman–Crippen MR) is 70.4 cm³/mol. The summed E-state index contributed by atoms with van der Waals surface area (Å²) in [7, 11) is 0. The van der Waals surface area contributed by atoms with Gasteiger partial charge < -0.3 is 10.2 Å². The number of hydrogen-bond donors (Lipinski definition) is 2. The summed E-state index contributed by atoms with van der Waals surface area (Å²) in [5.74, 6) is -0.270. The summed E-state index contributed by atoms with van der Waals surface area (Å²) < 4.78 is 15.0. The van der Waals surface area contributed by atoms with Crippen LogP contribution in [0.25, 0.3) is 5.69 Å². The fourth-order valence-corrected chi connectivity index (χ4v) is 2.73. The third-order valence-electron chi connectivity index (χ3n) is 3.84. The van der Waals surface area contributed by atoms with Crippen LogP contribution < -0.4 is 0 Å². The van der Waals surface area contributed by atoms with Gasteiger partial charge >= 0.3 is 0 Å². The summed E-state index contributed by atoms with van der Waals surface area (Å²) in [5.41, 5.74) is 2.58. The maximum Gasteiger partial charge on any atom is 0.202 e. The van der Waals surface area contributed by atoms with E-state index in [2.05, 4.69) is 0 Å². The lowest BCUT2D eigenvalue weighted by Crippen LogP contribution is -1.98. The Bertz CT molecular complexity index is 617. The molecule has 0 bridgehead atoms. The van der Waals surface area contributed by atoms with Crippen LogP contribution in [0.4, 0.5) is 4.39 Å². The number of aromatic hydroxyl groups is 2. The van der Waals surface area contributed by atoms with Crippen LogP contribution in [0.15, 0.2) is 18.2 Å². The standard InChI is InChI=1S/C15H16FNO2/c1-9-6-7-10(8-13(9)16)17-14(18)11-4-2-3-5-12(11)15(17)19/h6-8,18-19H,2-5H2,1H3. The van der Waals surface area contributed by atoms with Crippen molar-refractivity contribution in [3.05, 3.63) is 40.7 Å². The number of nitrogens with zero attached hydrogens (tertiary/aromatic N) is 1. The lowest BCUT2D eigenvalue weighted by atomic mass is 9.95. The molecule has 0 atom stereocenters. The highest BCUT2D eigenvalue weighted by Crippen LogP contribution is 2.40. The Balaban J connectivity index is 2.19. The molecule has 0 spiro atoms.